The molecule has 0 spiro atoms. The number of nitrogens with zero attached hydrogens (tertiary/aromatic N) is 1. The maximum absolute atomic E-state index is 13.6. The van der Waals surface area contributed by atoms with Gasteiger partial charge in [0.2, 0.25) is 0 Å². The van der Waals surface area contributed by atoms with Gasteiger partial charge in [-0.15, -0.1) is 0 Å². The molecule has 0 aliphatic carbocycles. The molecule has 0 radical (unpaired) electrons. The standard InChI is InChI=1S/C27H26N2O2/c1-16-7-6-8-22(14-16)29-26(30)24(23-12-9-17(2)13-20(23)5)25(27(29)31)28-21-11-10-18(3)19(4)15-21/h6-15,28H,1-5H3. The van der Waals surface area contributed by atoms with Gasteiger partial charge in [-0.05, 0) is 86.7 Å². The van der Waals surface area contributed by atoms with Gasteiger partial charge >= 0.3 is 0 Å². The molecule has 4 heteroatoms. The molecule has 1 heterocycles. The van der Waals surface area contributed by atoms with E-state index >= 15 is 0 Å². The SMILES string of the molecule is Cc1cccc(N2C(=O)C(Nc3ccc(C)c(C)c3)=C(c3ccc(C)cc3C)C2=O)c1. The highest BCUT2D eigenvalue weighted by molar-refractivity contribution is 6.46. The molecular formula is C27H26N2O2. The summed E-state index contributed by atoms with van der Waals surface area (Å²) in [7, 11) is 0. The molecular weight excluding hydrogens is 384 g/mol. The zero-order valence-electron chi connectivity index (χ0n) is 18.5. The van der Waals surface area contributed by atoms with Gasteiger partial charge in [-0.2, -0.15) is 0 Å². The molecule has 0 fully saturated rings. The van der Waals surface area contributed by atoms with Crippen molar-refractivity contribution in [2.24, 2.45) is 0 Å². The molecule has 0 bridgehead atoms. The predicted molar refractivity (Wildman–Crippen MR) is 126 cm³/mol. The van der Waals surface area contributed by atoms with Crippen LogP contribution in [0.4, 0.5) is 11.4 Å². The van der Waals surface area contributed by atoms with E-state index in [4.69, 9.17) is 0 Å². The Morgan fingerprint density at radius 2 is 1.42 bits per heavy atom. The molecule has 0 aromatic heterocycles. The van der Waals surface area contributed by atoms with Crippen LogP contribution >= 0.6 is 0 Å². The lowest BCUT2D eigenvalue weighted by atomic mass is 9.97. The summed E-state index contributed by atoms with van der Waals surface area (Å²) in [6.07, 6.45) is 0. The van der Waals surface area contributed by atoms with Crippen molar-refractivity contribution in [3.8, 4) is 0 Å². The molecule has 0 saturated heterocycles. The highest BCUT2D eigenvalue weighted by Gasteiger charge is 2.40. The lowest BCUT2D eigenvalue weighted by Crippen LogP contribution is -2.32. The van der Waals surface area contributed by atoms with Crippen molar-refractivity contribution in [1.82, 2.24) is 0 Å². The number of aryl methyl sites for hydroxylation is 5. The van der Waals surface area contributed by atoms with E-state index in [-0.39, 0.29) is 11.8 Å². The van der Waals surface area contributed by atoms with E-state index in [9.17, 15) is 9.59 Å². The van der Waals surface area contributed by atoms with E-state index in [1.54, 1.807) is 6.07 Å². The van der Waals surface area contributed by atoms with Crippen molar-refractivity contribution in [2.75, 3.05) is 10.2 Å². The monoisotopic (exact) mass is 410 g/mol. The van der Waals surface area contributed by atoms with Gasteiger partial charge in [-0.3, -0.25) is 9.59 Å². The number of carbonyl (C=O) groups excluding carboxylic acids is 2. The van der Waals surface area contributed by atoms with Gasteiger partial charge in [0.1, 0.15) is 5.70 Å². The fraction of sp³-hybridized carbons (Fsp3) is 0.185. The Labute approximate surface area is 183 Å². The number of imide groups is 1. The molecule has 156 valence electrons. The highest BCUT2D eigenvalue weighted by Crippen LogP contribution is 2.35. The van der Waals surface area contributed by atoms with E-state index in [2.05, 4.69) is 5.32 Å². The lowest BCUT2D eigenvalue weighted by molar-refractivity contribution is -0.120. The van der Waals surface area contributed by atoms with Gasteiger partial charge in [0.15, 0.2) is 0 Å². The Kier molecular flexibility index (Phi) is 5.24. The zero-order valence-corrected chi connectivity index (χ0v) is 18.5. The molecule has 1 N–H and O–H groups in total. The third-order valence-corrected chi connectivity index (χ3v) is 5.77. The summed E-state index contributed by atoms with van der Waals surface area (Å²) >= 11 is 0. The number of hydrogen-bond donors (Lipinski definition) is 1. The van der Waals surface area contributed by atoms with E-state index in [0.29, 0.717) is 17.0 Å². The lowest BCUT2D eigenvalue weighted by Gasteiger charge is -2.16. The van der Waals surface area contributed by atoms with Crippen molar-refractivity contribution in [3.05, 3.63) is 99.7 Å². The average Bonchev–Trinajstić information content (AvgIpc) is 2.95. The van der Waals surface area contributed by atoms with Crippen LogP contribution in [0.25, 0.3) is 5.57 Å². The van der Waals surface area contributed by atoms with Crippen LogP contribution in [-0.4, -0.2) is 11.8 Å². The third kappa shape index (κ3) is 3.77. The molecule has 0 atom stereocenters. The fourth-order valence-corrected chi connectivity index (χ4v) is 3.95. The number of rotatable bonds is 4. The summed E-state index contributed by atoms with van der Waals surface area (Å²) in [5, 5.41) is 3.26. The topological polar surface area (TPSA) is 49.4 Å². The second kappa shape index (κ2) is 7.88. The van der Waals surface area contributed by atoms with Gasteiger partial charge in [0.25, 0.3) is 11.8 Å². The summed E-state index contributed by atoms with van der Waals surface area (Å²) < 4.78 is 0. The zero-order chi connectivity index (χ0) is 22.3. The minimum absolute atomic E-state index is 0.307. The molecule has 0 saturated carbocycles. The largest absolute Gasteiger partial charge is 0.350 e. The summed E-state index contributed by atoms with van der Waals surface area (Å²) in [5.74, 6) is -0.655. The van der Waals surface area contributed by atoms with Crippen molar-refractivity contribution in [3.63, 3.8) is 0 Å². The minimum atomic E-state index is -0.344. The first-order chi connectivity index (χ1) is 14.8. The Balaban J connectivity index is 1.87. The van der Waals surface area contributed by atoms with E-state index in [1.807, 2.05) is 89.2 Å². The van der Waals surface area contributed by atoms with E-state index < -0.39 is 0 Å². The second-order valence-electron chi connectivity index (χ2n) is 8.28. The summed E-state index contributed by atoms with van der Waals surface area (Å²) in [4.78, 5) is 28.4. The molecule has 2 amide bonds. The molecule has 1 aliphatic heterocycles. The van der Waals surface area contributed by atoms with Crippen molar-refractivity contribution >= 4 is 28.8 Å². The van der Waals surface area contributed by atoms with Crippen LogP contribution in [0.15, 0.2) is 66.4 Å². The second-order valence-corrected chi connectivity index (χ2v) is 8.28. The quantitative estimate of drug-likeness (QED) is 0.568. The average molecular weight is 411 g/mol. The van der Waals surface area contributed by atoms with Gasteiger partial charge in [-0.25, -0.2) is 4.90 Å². The van der Waals surface area contributed by atoms with Crippen molar-refractivity contribution < 1.29 is 9.59 Å². The van der Waals surface area contributed by atoms with Crippen LogP contribution in [0.5, 0.6) is 0 Å². The Morgan fingerprint density at radius 3 is 2.10 bits per heavy atom. The third-order valence-electron chi connectivity index (χ3n) is 5.77. The molecule has 3 aromatic rings. The summed E-state index contributed by atoms with van der Waals surface area (Å²) in [6.45, 7) is 10.0. The normalized spacial score (nSPS) is 13.9. The maximum atomic E-state index is 13.6. The fourth-order valence-electron chi connectivity index (χ4n) is 3.95. The Morgan fingerprint density at radius 1 is 0.677 bits per heavy atom. The number of nitrogens with one attached hydrogen (secondary N) is 1. The van der Waals surface area contributed by atoms with Crippen LogP contribution in [0.2, 0.25) is 0 Å². The van der Waals surface area contributed by atoms with E-state index in [0.717, 1.165) is 33.5 Å². The Bertz CT molecular complexity index is 1250. The van der Waals surface area contributed by atoms with Gasteiger partial charge in [-0.1, -0.05) is 42.0 Å². The molecule has 31 heavy (non-hydrogen) atoms. The molecule has 4 rings (SSSR count). The smallest absolute Gasteiger partial charge is 0.282 e. The summed E-state index contributed by atoms with van der Waals surface area (Å²) in [6, 6.07) is 19.3. The van der Waals surface area contributed by atoms with Crippen LogP contribution in [0.1, 0.15) is 33.4 Å². The molecule has 1 aliphatic rings. The van der Waals surface area contributed by atoms with Crippen LogP contribution in [0.3, 0.4) is 0 Å². The van der Waals surface area contributed by atoms with Crippen LogP contribution < -0.4 is 10.2 Å². The van der Waals surface area contributed by atoms with Crippen LogP contribution in [-0.2, 0) is 9.59 Å². The number of amides is 2. The molecule has 3 aromatic carbocycles. The highest BCUT2D eigenvalue weighted by atomic mass is 16.2. The number of carbonyl (C=O) groups is 2. The minimum Gasteiger partial charge on any atom is -0.350 e. The van der Waals surface area contributed by atoms with Gasteiger partial charge < -0.3 is 5.32 Å². The van der Waals surface area contributed by atoms with E-state index in [1.165, 1.54) is 10.5 Å². The first-order valence-corrected chi connectivity index (χ1v) is 10.4. The Hall–Kier alpha value is -3.66. The molecule has 0 unspecified atom stereocenters. The number of benzene rings is 3. The first-order valence-electron chi connectivity index (χ1n) is 10.4. The van der Waals surface area contributed by atoms with Crippen LogP contribution in [0, 0.1) is 34.6 Å². The number of hydrogen-bond acceptors (Lipinski definition) is 3. The van der Waals surface area contributed by atoms with Gasteiger partial charge in [0, 0.05) is 5.69 Å². The first kappa shape index (κ1) is 20.6. The predicted octanol–water partition coefficient (Wildman–Crippen LogP) is 5.63. The summed E-state index contributed by atoms with van der Waals surface area (Å²) in [5.41, 5.74) is 8.19. The van der Waals surface area contributed by atoms with Gasteiger partial charge in [0.05, 0.1) is 11.3 Å². The molecule has 4 nitrogen and oxygen atoms in total. The van der Waals surface area contributed by atoms with Crippen molar-refractivity contribution in [2.45, 2.75) is 34.6 Å². The van der Waals surface area contributed by atoms with Crippen molar-refractivity contribution in [1.29, 1.82) is 0 Å². The maximum Gasteiger partial charge on any atom is 0.282 e. The number of anilines is 2.